The normalized spacial score (nSPS) is 11.6. The van der Waals surface area contributed by atoms with Gasteiger partial charge in [-0.3, -0.25) is 5.01 Å². The molecule has 0 aliphatic carbocycles. The number of anilines is 4. The Bertz CT molecular complexity index is 1880. The molecule has 0 N–H and O–H groups in total. The molecule has 218 valence electrons. The number of hydrogen-bond donors (Lipinski definition) is 0. The first-order chi connectivity index (χ1) is 21.4. The molecule has 44 heavy (non-hydrogen) atoms. The van der Waals surface area contributed by atoms with Gasteiger partial charge in [-0.2, -0.15) is 18.3 Å². The van der Waals surface area contributed by atoms with Gasteiger partial charge in [-0.25, -0.2) is 0 Å². The zero-order valence-corrected chi connectivity index (χ0v) is 24.1. The summed E-state index contributed by atoms with van der Waals surface area (Å²) in [7, 11) is 0. The van der Waals surface area contributed by atoms with Crippen LogP contribution in [0.4, 0.5) is 35.9 Å². The van der Waals surface area contributed by atoms with E-state index in [9.17, 15) is 13.2 Å². The maximum atomic E-state index is 13.8. The van der Waals surface area contributed by atoms with Crippen LogP contribution in [-0.4, -0.2) is 6.21 Å². The summed E-state index contributed by atoms with van der Waals surface area (Å²) >= 11 is 0. The van der Waals surface area contributed by atoms with E-state index in [0.717, 1.165) is 50.6 Å². The van der Waals surface area contributed by atoms with Crippen molar-refractivity contribution < 1.29 is 13.2 Å². The monoisotopic (exact) mass is 585 g/mol. The van der Waals surface area contributed by atoms with Gasteiger partial charge in [0.15, 0.2) is 0 Å². The predicted molar refractivity (Wildman–Crippen MR) is 175 cm³/mol. The van der Waals surface area contributed by atoms with Crippen LogP contribution in [0.1, 0.15) is 22.3 Å². The Hall–Kier alpha value is -5.36. The number of nitrogens with zero attached hydrogens (tertiary/aromatic N) is 3. The summed E-state index contributed by atoms with van der Waals surface area (Å²) in [6.07, 6.45) is -2.61. The molecular formula is C38H30F3N3. The molecule has 0 aliphatic heterocycles. The number of halogens is 3. The molecule has 0 bridgehead atoms. The van der Waals surface area contributed by atoms with Crippen molar-refractivity contribution in [2.24, 2.45) is 5.10 Å². The third kappa shape index (κ3) is 6.35. The summed E-state index contributed by atoms with van der Waals surface area (Å²) in [5.41, 5.74) is 5.31. The van der Waals surface area contributed by atoms with E-state index in [4.69, 9.17) is 5.10 Å². The van der Waals surface area contributed by atoms with Gasteiger partial charge in [0.2, 0.25) is 0 Å². The largest absolute Gasteiger partial charge is 0.416 e. The van der Waals surface area contributed by atoms with E-state index in [1.165, 1.54) is 12.1 Å². The molecule has 0 radical (unpaired) electrons. The number of hydrazone groups is 1. The molecule has 6 aromatic rings. The van der Waals surface area contributed by atoms with Crippen LogP contribution < -0.4 is 9.91 Å². The molecule has 0 spiro atoms. The molecule has 0 atom stereocenters. The fourth-order valence-corrected chi connectivity index (χ4v) is 5.24. The third-order valence-corrected chi connectivity index (χ3v) is 7.47. The summed E-state index contributed by atoms with van der Waals surface area (Å²) in [6, 6.07) is 45.3. The lowest BCUT2D eigenvalue weighted by atomic mass is 10.0. The van der Waals surface area contributed by atoms with Crippen molar-refractivity contribution in [2.45, 2.75) is 19.6 Å². The van der Waals surface area contributed by atoms with Crippen molar-refractivity contribution in [3.05, 3.63) is 168 Å². The molecular weight excluding hydrogens is 555 g/mol. The van der Waals surface area contributed by atoms with Gasteiger partial charge in [0.05, 0.1) is 29.7 Å². The van der Waals surface area contributed by atoms with Gasteiger partial charge in [0, 0.05) is 22.3 Å². The molecule has 0 saturated carbocycles. The lowest BCUT2D eigenvalue weighted by Crippen LogP contribution is -2.16. The van der Waals surface area contributed by atoms with Crippen LogP contribution in [-0.2, 0) is 12.7 Å². The molecule has 0 heterocycles. The molecule has 0 amide bonds. The summed E-state index contributed by atoms with van der Waals surface area (Å²) < 4.78 is 41.3. The highest BCUT2D eigenvalue weighted by molar-refractivity contribution is 6.07. The minimum atomic E-state index is -4.46. The standard InChI is InChI=1S/C38H30F3N3/c1-28-19-22-33(23-20-28)44(34-16-10-13-31(25-34)38(39,40)41)37-24-21-30(35-17-8-9-18-36(35)37)26-42-43(32-14-6-3-7-15-32)27-29-11-4-2-5-12-29/h2-26H,27H2,1H3/b42-26+. The van der Waals surface area contributed by atoms with Crippen molar-refractivity contribution >= 4 is 39.7 Å². The van der Waals surface area contributed by atoms with E-state index >= 15 is 0 Å². The highest BCUT2D eigenvalue weighted by Crippen LogP contribution is 2.41. The zero-order valence-electron chi connectivity index (χ0n) is 24.1. The van der Waals surface area contributed by atoms with Crippen LogP contribution in [0.3, 0.4) is 0 Å². The van der Waals surface area contributed by atoms with Crippen LogP contribution >= 0.6 is 0 Å². The fraction of sp³-hybridized carbons (Fsp3) is 0.0789. The van der Waals surface area contributed by atoms with E-state index in [1.54, 1.807) is 6.07 Å². The number of rotatable bonds is 8. The minimum Gasteiger partial charge on any atom is -0.310 e. The van der Waals surface area contributed by atoms with Gasteiger partial charge in [0.1, 0.15) is 0 Å². The van der Waals surface area contributed by atoms with Crippen molar-refractivity contribution in [1.29, 1.82) is 0 Å². The Morgan fingerprint density at radius 3 is 1.95 bits per heavy atom. The molecule has 0 saturated heterocycles. The number of alkyl halides is 3. The summed E-state index contributed by atoms with van der Waals surface area (Å²) in [5.74, 6) is 0. The van der Waals surface area contributed by atoms with Crippen molar-refractivity contribution in [1.82, 2.24) is 0 Å². The fourth-order valence-electron chi connectivity index (χ4n) is 5.24. The lowest BCUT2D eigenvalue weighted by molar-refractivity contribution is -0.137. The Labute approximate surface area is 255 Å². The highest BCUT2D eigenvalue weighted by Gasteiger charge is 2.31. The first-order valence-corrected chi connectivity index (χ1v) is 14.3. The van der Waals surface area contributed by atoms with Gasteiger partial charge in [0.25, 0.3) is 0 Å². The topological polar surface area (TPSA) is 18.8 Å². The third-order valence-electron chi connectivity index (χ3n) is 7.47. The molecule has 6 rings (SSSR count). The van der Waals surface area contributed by atoms with E-state index in [2.05, 4.69) is 12.1 Å². The van der Waals surface area contributed by atoms with E-state index < -0.39 is 11.7 Å². The average Bonchev–Trinajstić information content (AvgIpc) is 3.05. The van der Waals surface area contributed by atoms with Crippen LogP contribution in [0, 0.1) is 6.92 Å². The smallest absolute Gasteiger partial charge is 0.310 e. The van der Waals surface area contributed by atoms with E-state index in [0.29, 0.717) is 12.2 Å². The predicted octanol–water partition coefficient (Wildman–Crippen LogP) is 10.7. The Balaban J connectivity index is 1.45. The van der Waals surface area contributed by atoms with Gasteiger partial charge < -0.3 is 4.90 Å². The van der Waals surface area contributed by atoms with Gasteiger partial charge in [-0.15, -0.1) is 0 Å². The first kappa shape index (κ1) is 28.7. The van der Waals surface area contributed by atoms with Crippen LogP contribution in [0.25, 0.3) is 10.8 Å². The maximum Gasteiger partial charge on any atom is 0.416 e. The van der Waals surface area contributed by atoms with Gasteiger partial charge in [-0.1, -0.05) is 103 Å². The second kappa shape index (κ2) is 12.5. The number of benzene rings is 6. The molecule has 6 heteroatoms. The van der Waals surface area contributed by atoms with Crippen molar-refractivity contribution in [2.75, 3.05) is 9.91 Å². The summed E-state index contributed by atoms with van der Waals surface area (Å²) in [6.45, 7) is 2.58. The second-order valence-corrected chi connectivity index (χ2v) is 10.6. The minimum absolute atomic E-state index is 0.424. The summed E-state index contributed by atoms with van der Waals surface area (Å²) in [4.78, 5) is 1.88. The van der Waals surface area contributed by atoms with E-state index in [-0.39, 0.29) is 0 Å². The maximum absolute atomic E-state index is 13.8. The van der Waals surface area contributed by atoms with Crippen molar-refractivity contribution in [3.8, 4) is 0 Å². The Morgan fingerprint density at radius 1 is 0.614 bits per heavy atom. The number of para-hydroxylation sites is 1. The molecule has 0 fully saturated rings. The Morgan fingerprint density at radius 2 is 1.25 bits per heavy atom. The van der Waals surface area contributed by atoms with Crippen LogP contribution in [0.5, 0.6) is 0 Å². The van der Waals surface area contributed by atoms with E-state index in [1.807, 2.05) is 132 Å². The molecule has 0 aromatic heterocycles. The van der Waals surface area contributed by atoms with Gasteiger partial charge >= 0.3 is 6.18 Å². The second-order valence-electron chi connectivity index (χ2n) is 10.6. The first-order valence-electron chi connectivity index (χ1n) is 14.3. The average molecular weight is 586 g/mol. The van der Waals surface area contributed by atoms with Gasteiger partial charge in [-0.05, 0) is 66.4 Å². The quantitative estimate of drug-likeness (QED) is 0.131. The molecule has 0 aliphatic rings. The van der Waals surface area contributed by atoms with Crippen LogP contribution in [0.2, 0.25) is 0 Å². The summed E-state index contributed by atoms with van der Waals surface area (Å²) in [5, 5.41) is 8.70. The molecule has 6 aromatic carbocycles. The van der Waals surface area contributed by atoms with Crippen LogP contribution in [0.15, 0.2) is 151 Å². The number of hydrogen-bond acceptors (Lipinski definition) is 3. The number of aryl methyl sites for hydroxylation is 1. The zero-order chi connectivity index (χ0) is 30.5. The molecule has 3 nitrogen and oxygen atoms in total. The Kier molecular flexibility index (Phi) is 8.15. The molecule has 0 unspecified atom stereocenters. The SMILES string of the molecule is Cc1ccc(N(c2cccc(C(F)(F)F)c2)c2ccc(/C=N/N(Cc3ccccc3)c3ccccc3)c3ccccc23)cc1. The highest BCUT2D eigenvalue weighted by atomic mass is 19.4. The lowest BCUT2D eigenvalue weighted by Gasteiger charge is -2.28. The van der Waals surface area contributed by atoms with Crippen molar-refractivity contribution in [3.63, 3.8) is 0 Å². The number of fused-ring (bicyclic) bond motifs is 1.